The Morgan fingerprint density at radius 3 is 1.07 bits per heavy atom. The van der Waals surface area contributed by atoms with E-state index in [-0.39, 0.29) is 48.5 Å². The molecule has 10 N–H and O–H groups in total. The highest BCUT2D eigenvalue weighted by Crippen LogP contribution is 2.19. The molecular weight excluding hydrogens is 731 g/mol. The first-order valence-electron chi connectivity index (χ1n) is 18.6. The number of carbonyl (C=O) groups excluding carboxylic acids is 4. The van der Waals surface area contributed by atoms with E-state index in [1.807, 2.05) is 88.4 Å². The fourth-order valence-corrected chi connectivity index (χ4v) is 6.12. The molecule has 0 aliphatic carbocycles. The summed E-state index contributed by atoms with van der Waals surface area (Å²) in [5, 5.41) is 34.6. The molecule has 0 radical (unpaired) electrons. The van der Waals surface area contributed by atoms with Crippen LogP contribution in [0, 0.1) is 23.7 Å². The average molecular weight is 798 g/mol. The molecule has 0 spiro atoms. The van der Waals surface area contributed by atoms with Gasteiger partial charge in [0.05, 0.1) is 24.2 Å². The minimum Gasteiger partial charge on any atom is -0.388 e. The Hall–Kier alpha value is -3.26. The predicted octanol–water partition coefficient (Wildman–Crippen LogP) is 3.04. The van der Waals surface area contributed by atoms with Crippen LogP contribution in [0.25, 0.3) is 0 Å². The van der Waals surface area contributed by atoms with Gasteiger partial charge in [0.1, 0.15) is 24.3 Å². The van der Waals surface area contributed by atoms with E-state index in [2.05, 4.69) is 21.3 Å². The lowest BCUT2D eigenvalue weighted by molar-refractivity contribution is -0.133. The monoisotopic (exact) mass is 796 g/mol. The number of aliphatic hydroxyl groups is 2. The Balaban J connectivity index is 0.0000140. The zero-order valence-electron chi connectivity index (χ0n) is 33.0. The van der Waals surface area contributed by atoms with Crippen molar-refractivity contribution in [2.45, 2.75) is 130 Å². The number of nitrogens with two attached hydrogens (primary N) is 2. The fourth-order valence-electron chi connectivity index (χ4n) is 6.12. The van der Waals surface area contributed by atoms with Crippen LogP contribution >= 0.6 is 24.8 Å². The van der Waals surface area contributed by atoms with Crippen molar-refractivity contribution in [2.24, 2.45) is 35.1 Å². The summed E-state index contributed by atoms with van der Waals surface area (Å²) < 4.78 is 0. The minimum atomic E-state index is -1.48. The molecule has 0 bridgehead atoms. The van der Waals surface area contributed by atoms with Crippen LogP contribution in [0.1, 0.15) is 79.4 Å². The van der Waals surface area contributed by atoms with E-state index < -0.39 is 72.1 Å². The van der Waals surface area contributed by atoms with Crippen molar-refractivity contribution < 1.29 is 29.4 Å². The van der Waals surface area contributed by atoms with Crippen molar-refractivity contribution in [2.75, 3.05) is 0 Å². The summed E-state index contributed by atoms with van der Waals surface area (Å²) >= 11 is 0. The second-order valence-corrected chi connectivity index (χ2v) is 15.5. The number of amides is 4. The summed E-state index contributed by atoms with van der Waals surface area (Å²) in [6.45, 7) is 14.9. The highest BCUT2D eigenvalue weighted by atomic mass is 35.5. The molecule has 2 unspecified atom stereocenters. The van der Waals surface area contributed by atoms with Crippen molar-refractivity contribution in [3.63, 3.8) is 0 Å². The summed E-state index contributed by atoms with van der Waals surface area (Å²) in [5.74, 6) is -2.61. The molecule has 306 valence electrons. The van der Waals surface area contributed by atoms with Crippen molar-refractivity contribution in [1.82, 2.24) is 21.3 Å². The second-order valence-electron chi connectivity index (χ2n) is 15.5. The maximum Gasteiger partial charge on any atom is 0.243 e. The molecule has 14 heteroatoms. The summed E-state index contributed by atoms with van der Waals surface area (Å²) in [6.07, 6.45) is -1.75. The van der Waals surface area contributed by atoms with E-state index in [0.29, 0.717) is 25.7 Å². The molecule has 2 aromatic carbocycles. The Morgan fingerprint density at radius 2 is 0.815 bits per heavy atom. The van der Waals surface area contributed by atoms with Crippen LogP contribution < -0.4 is 32.7 Å². The van der Waals surface area contributed by atoms with Crippen molar-refractivity contribution in [3.05, 3.63) is 71.8 Å². The predicted molar refractivity (Wildman–Crippen MR) is 219 cm³/mol. The average Bonchev–Trinajstić information content (AvgIpc) is 3.07. The van der Waals surface area contributed by atoms with Gasteiger partial charge in [0.15, 0.2) is 0 Å². The largest absolute Gasteiger partial charge is 0.388 e. The minimum absolute atomic E-state index is 0. The van der Waals surface area contributed by atoms with Gasteiger partial charge in [-0.05, 0) is 60.5 Å². The first-order chi connectivity index (χ1) is 24.4. The Kier molecular flexibility index (Phi) is 23.5. The topological polar surface area (TPSA) is 209 Å². The lowest BCUT2D eigenvalue weighted by atomic mass is 9.88. The van der Waals surface area contributed by atoms with Crippen LogP contribution in [-0.4, -0.2) is 82.3 Å². The molecule has 12 nitrogen and oxygen atoms in total. The molecule has 54 heavy (non-hydrogen) atoms. The van der Waals surface area contributed by atoms with Crippen LogP contribution in [0.4, 0.5) is 0 Å². The number of halogens is 2. The second kappa shape index (κ2) is 25.0. The number of benzene rings is 2. The standard InChI is InChI=1S/C40H64N6O6.2ClH/c1-23(2)19-31(43-39(51)33(25(5)6)45-37(49)29(41)21-27-15-11-9-12-16-27)35(47)36(48)32(20-24(3)4)44-40(52)34(26(7)8)46-38(50)30(42)22-28-17-13-10-14-18-28;;/h9-18,23-26,29-36,47-48H,19-22,41-42H2,1-8H3,(H,43,51)(H,44,52)(H,45,49)(H,46,50);2*1H/t29-,30-,31-,32-,33-,34-,35?,36?;;/m0../s1. The van der Waals surface area contributed by atoms with Crippen LogP contribution in [0.3, 0.4) is 0 Å². The van der Waals surface area contributed by atoms with E-state index >= 15 is 0 Å². The number of hydrogen-bond acceptors (Lipinski definition) is 8. The number of aliphatic hydroxyl groups excluding tert-OH is 2. The van der Waals surface area contributed by atoms with E-state index in [9.17, 15) is 29.4 Å². The van der Waals surface area contributed by atoms with Gasteiger partial charge in [0.2, 0.25) is 23.6 Å². The van der Waals surface area contributed by atoms with Gasteiger partial charge < -0.3 is 42.9 Å². The summed E-state index contributed by atoms with van der Waals surface area (Å²) in [7, 11) is 0. The molecule has 0 saturated carbocycles. The van der Waals surface area contributed by atoms with Gasteiger partial charge in [-0.1, -0.05) is 116 Å². The van der Waals surface area contributed by atoms with E-state index in [0.717, 1.165) is 11.1 Å². The fraction of sp³-hybridized carbons (Fsp3) is 0.600. The highest BCUT2D eigenvalue weighted by Gasteiger charge is 2.38. The normalized spacial score (nSPS) is 15.8. The molecule has 0 aliphatic heterocycles. The Labute approximate surface area is 334 Å². The van der Waals surface area contributed by atoms with Crippen LogP contribution in [0.15, 0.2) is 60.7 Å². The molecular formula is C40H66Cl2N6O6. The van der Waals surface area contributed by atoms with E-state index in [4.69, 9.17) is 11.5 Å². The third-order valence-corrected chi connectivity index (χ3v) is 9.04. The zero-order valence-corrected chi connectivity index (χ0v) is 34.7. The van der Waals surface area contributed by atoms with Gasteiger partial charge in [-0.25, -0.2) is 0 Å². The molecule has 4 amide bonds. The molecule has 0 heterocycles. The summed E-state index contributed by atoms with van der Waals surface area (Å²) in [6, 6.07) is 13.2. The van der Waals surface area contributed by atoms with Gasteiger partial charge in [0.25, 0.3) is 0 Å². The third kappa shape index (κ3) is 17.0. The number of carbonyl (C=O) groups is 4. The van der Waals surface area contributed by atoms with Gasteiger partial charge in [0, 0.05) is 0 Å². The molecule has 8 atom stereocenters. The highest BCUT2D eigenvalue weighted by molar-refractivity contribution is 5.91. The number of rotatable bonds is 21. The quantitative estimate of drug-likeness (QED) is 0.0940. The van der Waals surface area contributed by atoms with E-state index in [1.165, 1.54) is 0 Å². The van der Waals surface area contributed by atoms with Gasteiger partial charge in [-0.2, -0.15) is 0 Å². The molecule has 0 fully saturated rings. The Bertz CT molecular complexity index is 1300. The van der Waals surface area contributed by atoms with Crippen molar-refractivity contribution in [1.29, 1.82) is 0 Å². The maximum atomic E-state index is 13.7. The molecule has 0 saturated heterocycles. The van der Waals surface area contributed by atoms with Gasteiger partial charge >= 0.3 is 0 Å². The third-order valence-electron chi connectivity index (χ3n) is 9.04. The first-order valence-corrected chi connectivity index (χ1v) is 18.6. The van der Waals surface area contributed by atoms with Crippen LogP contribution in [0.5, 0.6) is 0 Å². The smallest absolute Gasteiger partial charge is 0.243 e. The van der Waals surface area contributed by atoms with Crippen molar-refractivity contribution in [3.8, 4) is 0 Å². The van der Waals surface area contributed by atoms with E-state index in [1.54, 1.807) is 27.7 Å². The van der Waals surface area contributed by atoms with Gasteiger partial charge in [-0.15, -0.1) is 24.8 Å². The number of nitrogens with one attached hydrogen (secondary N) is 4. The summed E-state index contributed by atoms with van der Waals surface area (Å²) in [5.41, 5.74) is 14.2. The summed E-state index contributed by atoms with van der Waals surface area (Å²) in [4.78, 5) is 53.6. The Morgan fingerprint density at radius 1 is 0.519 bits per heavy atom. The lowest BCUT2D eigenvalue weighted by Gasteiger charge is -2.36. The molecule has 0 aromatic heterocycles. The molecule has 0 aliphatic rings. The first kappa shape index (κ1) is 50.7. The maximum absolute atomic E-state index is 13.7. The SMILES string of the molecule is CC(C)C[C@H](NC(=O)[C@@H](NC(=O)[C@@H](N)Cc1ccccc1)C(C)C)C(O)C(O)[C@H](CC(C)C)NC(=O)[C@@H](NC(=O)[C@@H](N)Cc1ccccc1)C(C)C.Cl.Cl. The molecule has 2 aromatic rings. The zero-order chi connectivity index (χ0) is 39.1. The van der Waals surface area contributed by atoms with Gasteiger partial charge in [-0.3, -0.25) is 19.2 Å². The van der Waals surface area contributed by atoms with Crippen LogP contribution in [0.2, 0.25) is 0 Å². The number of hydrogen-bond donors (Lipinski definition) is 8. The van der Waals surface area contributed by atoms with Crippen molar-refractivity contribution >= 4 is 48.4 Å². The van der Waals surface area contributed by atoms with Crippen LogP contribution in [-0.2, 0) is 32.0 Å². The lowest BCUT2D eigenvalue weighted by Crippen LogP contribution is -2.62. The molecule has 2 rings (SSSR count).